The van der Waals surface area contributed by atoms with Gasteiger partial charge in [0.2, 0.25) is 5.91 Å². The van der Waals surface area contributed by atoms with Gasteiger partial charge in [0.1, 0.15) is 0 Å². The topological polar surface area (TPSA) is 74.6 Å². The standard InChI is InChI=1S/C20H30N6O.HI/c1-6-22-18(27)20(2,3)15-23-19(21-4)25(5)13-16-12-24-26(14-16)17-10-8-7-9-11-17;/h7-12,14H,6,13,15H2,1-5H3,(H,21,23)(H,22,27);1H. The lowest BCUT2D eigenvalue weighted by atomic mass is 9.92. The highest BCUT2D eigenvalue weighted by atomic mass is 127. The molecule has 0 aliphatic heterocycles. The highest BCUT2D eigenvalue weighted by molar-refractivity contribution is 14.0. The van der Waals surface area contributed by atoms with Crippen molar-refractivity contribution in [2.24, 2.45) is 10.4 Å². The number of hydrogen-bond donors (Lipinski definition) is 2. The van der Waals surface area contributed by atoms with Gasteiger partial charge in [0.15, 0.2) is 5.96 Å². The molecule has 0 aliphatic rings. The monoisotopic (exact) mass is 498 g/mol. The molecule has 0 fully saturated rings. The predicted octanol–water partition coefficient (Wildman–Crippen LogP) is 2.66. The Balaban J connectivity index is 0.00000392. The van der Waals surface area contributed by atoms with Crippen LogP contribution in [0.5, 0.6) is 0 Å². The van der Waals surface area contributed by atoms with Gasteiger partial charge >= 0.3 is 0 Å². The van der Waals surface area contributed by atoms with E-state index >= 15 is 0 Å². The maximum atomic E-state index is 12.1. The summed E-state index contributed by atoms with van der Waals surface area (Å²) in [5.41, 5.74) is 1.58. The molecule has 2 N–H and O–H groups in total. The third-order valence-corrected chi connectivity index (χ3v) is 4.29. The van der Waals surface area contributed by atoms with Gasteiger partial charge in [0, 0.05) is 45.5 Å². The number of guanidine groups is 1. The van der Waals surface area contributed by atoms with E-state index in [0.29, 0.717) is 19.6 Å². The number of aromatic nitrogens is 2. The average molecular weight is 498 g/mol. The maximum absolute atomic E-state index is 12.1. The summed E-state index contributed by atoms with van der Waals surface area (Å²) in [5.74, 6) is 0.763. The fourth-order valence-electron chi connectivity index (χ4n) is 2.68. The van der Waals surface area contributed by atoms with Gasteiger partial charge < -0.3 is 15.5 Å². The van der Waals surface area contributed by atoms with Crippen molar-refractivity contribution in [3.8, 4) is 5.69 Å². The highest BCUT2D eigenvalue weighted by Gasteiger charge is 2.27. The van der Waals surface area contributed by atoms with E-state index < -0.39 is 5.41 Å². The van der Waals surface area contributed by atoms with Gasteiger partial charge in [0.25, 0.3) is 0 Å². The van der Waals surface area contributed by atoms with Crippen LogP contribution in [-0.4, -0.2) is 53.7 Å². The Kier molecular flexibility index (Phi) is 9.44. The summed E-state index contributed by atoms with van der Waals surface area (Å²) in [5, 5.41) is 10.6. The second-order valence-corrected chi connectivity index (χ2v) is 7.13. The van der Waals surface area contributed by atoms with Gasteiger partial charge in [-0.1, -0.05) is 18.2 Å². The minimum atomic E-state index is -0.523. The van der Waals surface area contributed by atoms with E-state index in [9.17, 15) is 4.79 Å². The summed E-state index contributed by atoms with van der Waals surface area (Å²) >= 11 is 0. The van der Waals surface area contributed by atoms with Gasteiger partial charge in [0.05, 0.1) is 17.3 Å². The van der Waals surface area contributed by atoms with Crippen LogP contribution >= 0.6 is 24.0 Å². The first-order chi connectivity index (χ1) is 12.9. The number of nitrogens with one attached hydrogen (secondary N) is 2. The molecular formula is C20H31IN6O. The molecule has 0 saturated heterocycles. The molecular weight excluding hydrogens is 467 g/mol. The fraction of sp³-hybridized carbons (Fsp3) is 0.450. The number of carbonyl (C=O) groups excluding carboxylic acids is 1. The number of hydrogen-bond acceptors (Lipinski definition) is 3. The number of benzene rings is 1. The molecule has 154 valence electrons. The molecule has 1 aromatic heterocycles. The van der Waals surface area contributed by atoms with E-state index in [4.69, 9.17) is 0 Å². The third kappa shape index (κ3) is 6.50. The summed E-state index contributed by atoms with van der Waals surface area (Å²) in [7, 11) is 3.71. The van der Waals surface area contributed by atoms with Gasteiger partial charge in [-0.2, -0.15) is 5.10 Å². The number of amides is 1. The number of nitrogens with zero attached hydrogens (tertiary/aromatic N) is 4. The quantitative estimate of drug-likeness (QED) is 0.350. The van der Waals surface area contributed by atoms with Gasteiger partial charge in [-0.15, -0.1) is 24.0 Å². The predicted molar refractivity (Wildman–Crippen MR) is 124 cm³/mol. The molecule has 0 saturated carbocycles. The summed E-state index contributed by atoms with van der Waals surface area (Å²) in [6, 6.07) is 10.0. The van der Waals surface area contributed by atoms with E-state index in [1.165, 1.54) is 0 Å². The lowest BCUT2D eigenvalue weighted by molar-refractivity contribution is -0.128. The lowest BCUT2D eigenvalue weighted by Gasteiger charge is -2.27. The highest BCUT2D eigenvalue weighted by Crippen LogP contribution is 2.14. The second-order valence-electron chi connectivity index (χ2n) is 7.13. The summed E-state index contributed by atoms with van der Waals surface area (Å²) in [6.45, 7) is 7.55. The van der Waals surface area contributed by atoms with Crippen LogP contribution in [0.3, 0.4) is 0 Å². The summed E-state index contributed by atoms with van der Waals surface area (Å²) in [4.78, 5) is 18.5. The van der Waals surface area contributed by atoms with E-state index in [0.717, 1.165) is 17.2 Å². The largest absolute Gasteiger partial charge is 0.356 e. The lowest BCUT2D eigenvalue weighted by Crippen LogP contribution is -2.48. The first-order valence-corrected chi connectivity index (χ1v) is 9.16. The van der Waals surface area contributed by atoms with E-state index in [1.807, 2.05) is 80.1 Å². The van der Waals surface area contributed by atoms with Gasteiger partial charge in [-0.25, -0.2) is 4.68 Å². The zero-order chi connectivity index (χ0) is 19.9. The van der Waals surface area contributed by atoms with Crippen LogP contribution in [0.1, 0.15) is 26.3 Å². The van der Waals surface area contributed by atoms with Crippen LogP contribution in [-0.2, 0) is 11.3 Å². The molecule has 1 amide bonds. The molecule has 7 nitrogen and oxygen atoms in total. The Labute approximate surface area is 184 Å². The minimum absolute atomic E-state index is 0. The van der Waals surface area contributed by atoms with Crippen molar-refractivity contribution >= 4 is 35.8 Å². The molecule has 0 aliphatic carbocycles. The Morgan fingerprint density at radius 3 is 2.54 bits per heavy atom. The molecule has 0 radical (unpaired) electrons. The van der Waals surface area contributed by atoms with Gasteiger partial charge in [-0.05, 0) is 32.9 Å². The zero-order valence-corrected chi connectivity index (χ0v) is 19.6. The van der Waals surface area contributed by atoms with Crippen LogP contribution in [0, 0.1) is 5.41 Å². The molecule has 2 aromatic rings. The molecule has 0 bridgehead atoms. The number of para-hydroxylation sites is 1. The molecule has 2 rings (SSSR count). The molecule has 0 spiro atoms. The van der Waals surface area contributed by atoms with Crippen molar-refractivity contribution in [3.05, 3.63) is 48.3 Å². The van der Waals surface area contributed by atoms with Crippen molar-refractivity contribution in [2.45, 2.75) is 27.3 Å². The molecule has 1 heterocycles. The SMILES string of the molecule is CCNC(=O)C(C)(C)CNC(=NC)N(C)Cc1cnn(-c2ccccc2)c1.I. The van der Waals surface area contributed by atoms with E-state index in [2.05, 4.69) is 20.7 Å². The third-order valence-electron chi connectivity index (χ3n) is 4.29. The van der Waals surface area contributed by atoms with Crippen LogP contribution in [0.15, 0.2) is 47.7 Å². The smallest absolute Gasteiger partial charge is 0.227 e. The number of halogens is 1. The maximum Gasteiger partial charge on any atom is 0.227 e. The molecule has 0 unspecified atom stereocenters. The zero-order valence-electron chi connectivity index (χ0n) is 17.3. The Morgan fingerprint density at radius 2 is 1.93 bits per heavy atom. The van der Waals surface area contributed by atoms with Crippen molar-refractivity contribution in [3.63, 3.8) is 0 Å². The van der Waals surface area contributed by atoms with Crippen LogP contribution in [0.2, 0.25) is 0 Å². The number of carbonyl (C=O) groups is 1. The first kappa shape index (κ1) is 23.9. The minimum Gasteiger partial charge on any atom is -0.356 e. The Hall–Kier alpha value is -2.10. The van der Waals surface area contributed by atoms with Crippen molar-refractivity contribution < 1.29 is 4.79 Å². The summed E-state index contributed by atoms with van der Waals surface area (Å²) in [6.07, 6.45) is 3.87. The van der Waals surface area contributed by atoms with Crippen molar-refractivity contribution in [1.82, 2.24) is 25.3 Å². The Morgan fingerprint density at radius 1 is 1.25 bits per heavy atom. The second kappa shape index (κ2) is 11.0. The average Bonchev–Trinajstić information content (AvgIpc) is 3.11. The normalized spacial score (nSPS) is 11.5. The first-order valence-electron chi connectivity index (χ1n) is 9.16. The Bertz CT molecular complexity index is 772. The number of rotatable bonds is 7. The molecule has 8 heteroatoms. The van der Waals surface area contributed by atoms with E-state index in [-0.39, 0.29) is 29.9 Å². The molecule has 1 aromatic carbocycles. The van der Waals surface area contributed by atoms with Crippen LogP contribution in [0.25, 0.3) is 5.69 Å². The van der Waals surface area contributed by atoms with E-state index in [1.54, 1.807) is 7.05 Å². The van der Waals surface area contributed by atoms with Gasteiger partial charge in [-0.3, -0.25) is 9.79 Å². The molecule has 28 heavy (non-hydrogen) atoms. The fourth-order valence-corrected chi connectivity index (χ4v) is 2.68. The van der Waals surface area contributed by atoms with Crippen molar-refractivity contribution in [1.29, 1.82) is 0 Å². The van der Waals surface area contributed by atoms with Crippen LogP contribution < -0.4 is 10.6 Å². The number of aliphatic imine (C=N–C) groups is 1. The van der Waals surface area contributed by atoms with Crippen LogP contribution in [0.4, 0.5) is 0 Å². The molecule has 0 atom stereocenters. The van der Waals surface area contributed by atoms with Crippen molar-refractivity contribution in [2.75, 3.05) is 27.2 Å². The summed E-state index contributed by atoms with van der Waals surface area (Å²) < 4.78 is 1.86.